The number of cyclic esters (lactones) is 2. The van der Waals surface area contributed by atoms with Crippen LogP contribution in [0.3, 0.4) is 0 Å². The lowest BCUT2D eigenvalue weighted by Gasteiger charge is -2.40. The van der Waals surface area contributed by atoms with Crippen molar-refractivity contribution >= 4 is 18.0 Å². The maximum absolute atomic E-state index is 13.0. The Morgan fingerprint density at radius 2 is 1.71 bits per heavy atom. The molecule has 1 aromatic rings. The first-order valence-electron chi connectivity index (χ1n) is 11.7. The lowest BCUT2D eigenvalue weighted by molar-refractivity contribution is -0.136. The van der Waals surface area contributed by atoms with E-state index in [0.717, 1.165) is 24.0 Å². The number of aliphatic hydroxyl groups is 1. The van der Waals surface area contributed by atoms with Crippen molar-refractivity contribution in [3.05, 3.63) is 45.7 Å². The number of nitrogens with zero attached hydrogens (tertiary/aromatic N) is 3. The molecule has 10 nitrogen and oxygen atoms in total. The maximum atomic E-state index is 13.0. The summed E-state index contributed by atoms with van der Waals surface area (Å²) in [6.45, 7) is 6.41. The van der Waals surface area contributed by atoms with Crippen LogP contribution in [0.4, 0.5) is 4.79 Å². The van der Waals surface area contributed by atoms with Crippen molar-refractivity contribution < 1.29 is 29.0 Å². The van der Waals surface area contributed by atoms with Crippen LogP contribution in [0, 0.1) is 6.92 Å². The van der Waals surface area contributed by atoms with Crippen LogP contribution in [0.1, 0.15) is 52.9 Å². The Bertz CT molecular complexity index is 1080. The van der Waals surface area contributed by atoms with E-state index in [1.165, 1.54) is 0 Å². The quantitative estimate of drug-likeness (QED) is 0.611. The van der Waals surface area contributed by atoms with E-state index in [-0.39, 0.29) is 37.2 Å². The molecular formula is C24H30N4O6. The third-order valence-corrected chi connectivity index (χ3v) is 7.66. The van der Waals surface area contributed by atoms with Crippen LogP contribution in [0.5, 0.6) is 0 Å². The number of carbonyl (C=O) groups is 3. The minimum atomic E-state index is -0.906. The number of piperidine rings is 1. The van der Waals surface area contributed by atoms with Crippen molar-refractivity contribution in [3.8, 4) is 0 Å². The van der Waals surface area contributed by atoms with E-state index < -0.39 is 12.3 Å². The number of carbonyl (C=O) groups excluding carboxylic acids is 3. The molecule has 10 heteroatoms. The zero-order valence-electron chi connectivity index (χ0n) is 19.5. The van der Waals surface area contributed by atoms with Gasteiger partial charge in [-0.2, -0.15) is 0 Å². The van der Waals surface area contributed by atoms with Gasteiger partial charge in [0, 0.05) is 37.8 Å². The first-order chi connectivity index (χ1) is 16.3. The second-order valence-electron chi connectivity index (χ2n) is 9.36. The van der Waals surface area contributed by atoms with Gasteiger partial charge in [-0.3, -0.25) is 9.80 Å². The lowest BCUT2D eigenvalue weighted by atomic mass is 9.93. The molecule has 4 aliphatic heterocycles. The van der Waals surface area contributed by atoms with E-state index in [1.54, 1.807) is 24.0 Å². The SMILES string of the molecule is CC1=C(N2CCN(C3CCN([C@@H](N)[C@H](O)c4ccc5c(c4C)COC5=O)CC3)C2=O)COC1=O. The Morgan fingerprint density at radius 1 is 1.00 bits per heavy atom. The van der Waals surface area contributed by atoms with Gasteiger partial charge < -0.3 is 25.2 Å². The summed E-state index contributed by atoms with van der Waals surface area (Å²) in [6, 6.07) is 3.45. The van der Waals surface area contributed by atoms with Crippen molar-refractivity contribution in [2.45, 2.75) is 51.6 Å². The second kappa shape index (κ2) is 8.68. The largest absolute Gasteiger partial charge is 0.457 e. The van der Waals surface area contributed by atoms with Crippen molar-refractivity contribution in [1.29, 1.82) is 0 Å². The highest BCUT2D eigenvalue weighted by Crippen LogP contribution is 2.32. The van der Waals surface area contributed by atoms with Gasteiger partial charge >= 0.3 is 18.0 Å². The molecule has 0 saturated carbocycles. The highest BCUT2D eigenvalue weighted by molar-refractivity contribution is 5.94. The molecule has 0 aromatic heterocycles. The number of aliphatic hydroxyl groups excluding tert-OH is 1. The predicted molar refractivity (Wildman–Crippen MR) is 120 cm³/mol. The van der Waals surface area contributed by atoms with Crippen molar-refractivity contribution in [3.63, 3.8) is 0 Å². The highest BCUT2D eigenvalue weighted by atomic mass is 16.5. The number of nitrogens with two attached hydrogens (primary N) is 1. The first kappa shape index (κ1) is 22.8. The summed E-state index contributed by atoms with van der Waals surface area (Å²) < 4.78 is 10.2. The Morgan fingerprint density at radius 3 is 2.38 bits per heavy atom. The van der Waals surface area contributed by atoms with Gasteiger partial charge in [-0.25, -0.2) is 14.4 Å². The summed E-state index contributed by atoms with van der Waals surface area (Å²) in [5, 5.41) is 11.0. The van der Waals surface area contributed by atoms with Crippen LogP contribution in [0.2, 0.25) is 0 Å². The van der Waals surface area contributed by atoms with Gasteiger partial charge in [-0.05, 0) is 43.9 Å². The van der Waals surface area contributed by atoms with E-state index in [4.69, 9.17) is 15.2 Å². The summed E-state index contributed by atoms with van der Waals surface area (Å²) >= 11 is 0. The molecule has 5 rings (SSSR count). The van der Waals surface area contributed by atoms with Gasteiger partial charge in [-0.1, -0.05) is 6.07 Å². The Labute approximate surface area is 197 Å². The third kappa shape index (κ3) is 3.66. The number of benzene rings is 1. The molecule has 2 fully saturated rings. The molecule has 4 heterocycles. The highest BCUT2D eigenvalue weighted by Gasteiger charge is 2.40. The standard InChI is InChI=1S/C24H30N4O6/c1-13-16(3-4-17-18(13)11-33-23(17)31)20(29)21(25)26-7-5-15(6-8-26)27-9-10-28(24(27)32)19-12-34-22(30)14(19)2/h3-4,15,20-21,29H,5-12,25H2,1-2H3/t20-,21-/m1/s1. The van der Waals surface area contributed by atoms with E-state index in [0.29, 0.717) is 48.6 Å². The van der Waals surface area contributed by atoms with Gasteiger partial charge in [0.05, 0.1) is 23.0 Å². The van der Waals surface area contributed by atoms with E-state index >= 15 is 0 Å². The van der Waals surface area contributed by atoms with Gasteiger partial charge in [0.15, 0.2) is 0 Å². The number of hydrogen-bond donors (Lipinski definition) is 2. The molecule has 2 amide bonds. The number of esters is 2. The Balaban J connectivity index is 1.21. The lowest BCUT2D eigenvalue weighted by Crippen LogP contribution is -2.53. The minimum Gasteiger partial charge on any atom is -0.457 e. The van der Waals surface area contributed by atoms with Crippen LogP contribution in [-0.2, 0) is 20.9 Å². The Hall–Kier alpha value is -2.95. The third-order valence-electron chi connectivity index (χ3n) is 7.66. The normalized spacial score (nSPS) is 23.5. The van der Waals surface area contributed by atoms with Crippen LogP contribution in [-0.4, -0.2) is 82.8 Å². The molecule has 1 aromatic carbocycles. The number of fused-ring (bicyclic) bond motifs is 1. The van der Waals surface area contributed by atoms with Gasteiger partial charge in [-0.15, -0.1) is 0 Å². The fourth-order valence-electron chi connectivity index (χ4n) is 5.46. The predicted octanol–water partition coefficient (Wildman–Crippen LogP) is 1.02. The molecule has 2 saturated heterocycles. The van der Waals surface area contributed by atoms with Gasteiger partial charge in [0.1, 0.15) is 19.3 Å². The van der Waals surface area contributed by atoms with E-state index in [9.17, 15) is 19.5 Å². The number of amides is 2. The number of rotatable bonds is 5. The summed E-state index contributed by atoms with van der Waals surface area (Å²) in [5.41, 5.74) is 10.5. The second-order valence-corrected chi connectivity index (χ2v) is 9.36. The molecule has 0 unspecified atom stereocenters. The van der Waals surface area contributed by atoms with Gasteiger partial charge in [0.2, 0.25) is 0 Å². The fourth-order valence-corrected chi connectivity index (χ4v) is 5.46. The average molecular weight is 471 g/mol. The zero-order chi connectivity index (χ0) is 24.1. The minimum absolute atomic E-state index is 0.0824. The smallest absolute Gasteiger partial charge is 0.338 e. The van der Waals surface area contributed by atoms with Crippen molar-refractivity contribution in [2.75, 3.05) is 32.8 Å². The molecule has 0 radical (unpaired) electrons. The summed E-state index contributed by atoms with van der Waals surface area (Å²) in [4.78, 5) is 42.1. The molecule has 3 N–H and O–H groups in total. The summed E-state index contributed by atoms with van der Waals surface area (Å²) in [6.07, 6.45) is -0.00923. The topological polar surface area (TPSA) is 126 Å². The van der Waals surface area contributed by atoms with Crippen molar-refractivity contribution in [2.24, 2.45) is 5.73 Å². The molecule has 182 valence electrons. The number of likely N-dealkylation sites (tertiary alicyclic amines) is 1. The van der Waals surface area contributed by atoms with Crippen LogP contribution in [0.25, 0.3) is 0 Å². The summed E-state index contributed by atoms with van der Waals surface area (Å²) in [5.74, 6) is -0.695. The van der Waals surface area contributed by atoms with Crippen LogP contribution < -0.4 is 5.73 Å². The molecule has 34 heavy (non-hydrogen) atoms. The number of ether oxygens (including phenoxy) is 2. The molecule has 0 spiro atoms. The molecule has 2 atom stereocenters. The zero-order valence-corrected chi connectivity index (χ0v) is 19.5. The van der Waals surface area contributed by atoms with Crippen molar-refractivity contribution in [1.82, 2.24) is 14.7 Å². The summed E-state index contributed by atoms with van der Waals surface area (Å²) in [7, 11) is 0. The number of urea groups is 1. The number of hydrogen-bond acceptors (Lipinski definition) is 8. The maximum Gasteiger partial charge on any atom is 0.338 e. The Kier molecular flexibility index (Phi) is 5.83. The monoisotopic (exact) mass is 470 g/mol. The molecular weight excluding hydrogens is 440 g/mol. The van der Waals surface area contributed by atoms with Crippen LogP contribution >= 0.6 is 0 Å². The van der Waals surface area contributed by atoms with Crippen LogP contribution in [0.15, 0.2) is 23.4 Å². The fraction of sp³-hybridized carbons (Fsp3) is 0.542. The van der Waals surface area contributed by atoms with E-state index in [1.807, 2.05) is 16.7 Å². The molecule has 0 aliphatic carbocycles. The molecule has 4 aliphatic rings. The van der Waals surface area contributed by atoms with E-state index in [2.05, 4.69) is 0 Å². The average Bonchev–Trinajstić information content (AvgIpc) is 3.51. The molecule has 0 bridgehead atoms. The first-order valence-corrected chi connectivity index (χ1v) is 11.7. The van der Waals surface area contributed by atoms with Gasteiger partial charge in [0.25, 0.3) is 0 Å².